The Morgan fingerprint density at radius 3 is 2.46 bits per heavy atom. The minimum atomic E-state index is -4.61. The average molecular weight is 360 g/mol. The number of halogens is 3. The van der Waals surface area contributed by atoms with Crippen molar-refractivity contribution in [3.63, 3.8) is 0 Å². The van der Waals surface area contributed by atoms with E-state index in [-0.39, 0.29) is 17.4 Å². The molecule has 1 aromatic heterocycles. The Morgan fingerprint density at radius 2 is 1.88 bits per heavy atom. The number of hydrogen-bond donors (Lipinski definition) is 0. The quantitative estimate of drug-likeness (QED) is 0.816. The lowest BCUT2D eigenvalue weighted by molar-refractivity contribution is -0.136. The van der Waals surface area contributed by atoms with Crippen LogP contribution in [-0.2, 0) is 10.0 Å². The van der Waals surface area contributed by atoms with E-state index in [4.69, 9.17) is 0 Å². The lowest BCUT2D eigenvalue weighted by Gasteiger charge is -2.25. The maximum atomic E-state index is 12.9. The number of alkyl halides is 3. The summed E-state index contributed by atoms with van der Waals surface area (Å²) >= 11 is 0. The van der Waals surface area contributed by atoms with Crippen LogP contribution < -0.4 is 0 Å². The van der Waals surface area contributed by atoms with Gasteiger partial charge in [0.2, 0.25) is 10.0 Å². The van der Waals surface area contributed by atoms with E-state index in [1.165, 1.54) is 12.3 Å². The molecule has 2 rings (SSSR count). The molecule has 1 heterocycles. The largest absolute Gasteiger partial charge is 0.402 e. The highest BCUT2D eigenvalue weighted by Gasteiger charge is 2.37. The fourth-order valence-corrected chi connectivity index (χ4v) is 4.28. The number of pyridine rings is 1. The number of fused-ring (bicyclic) bond motifs is 1. The lowest BCUT2D eigenvalue weighted by atomic mass is 10.1. The highest BCUT2D eigenvalue weighted by Crippen LogP contribution is 2.29. The van der Waals surface area contributed by atoms with Gasteiger partial charge < -0.3 is 0 Å². The second-order valence-electron chi connectivity index (χ2n) is 6.09. The van der Waals surface area contributed by atoms with E-state index in [0.29, 0.717) is 15.2 Å². The van der Waals surface area contributed by atoms with Crippen LogP contribution in [0.25, 0.3) is 10.9 Å². The van der Waals surface area contributed by atoms with Gasteiger partial charge in [0.15, 0.2) is 0 Å². The lowest BCUT2D eigenvalue weighted by Crippen LogP contribution is -2.41. The predicted octanol–water partition coefficient (Wildman–Crippen LogP) is 3.75. The average Bonchev–Trinajstić information content (AvgIpc) is 2.45. The van der Waals surface area contributed by atoms with Crippen LogP contribution in [0.15, 0.2) is 35.4 Å². The molecule has 0 amide bonds. The van der Waals surface area contributed by atoms with Gasteiger partial charge in [-0.2, -0.15) is 17.5 Å². The summed E-state index contributed by atoms with van der Waals surface area (Å²) in [6.07, 6.45) is -3.09. The Hall–Kier alpha value is -1.67. The third-order valence-electron chi connectivity index (χ3n) is 3.47. The van der Waals surface area contributed by atoms with Gasteiger partial charge in [-0.1, -0.05) is 19.9 Å². The Morgan fingerprint density at radius 1 is 1.21 bits per heavy atom. The Kier molecular flexibility index (Phi) is 5.19. The van der Waals surface area contributed by atoms with Crippen molar-refractivity contribution in [2.75, 3.05) is 13.1 Å². The van der Waals surface area contributed by atoms with Crippen molar-refractivity contribution in [1.29, 1.82) is 0 Å². The van der Waals surface area contributed by atoms with Gasteiger partial charge in [-0.25, -0.2) is 8.42 Å². The van der Waals surface area contributed by atoms with E-state index in [1.54, 1.807) is 39.0 Å². The summed E-state index contributed by atoms with van der Waals surface area (Å²) in [5.41, 5.74) is 1.23. The summed E-state index contributed by atoms with van der Waals surface area (Å²) in [6, 6.07) is 6.03. The fraction of sp³-hybridized carbons (Fsp3) is 0.438. The van der Waals surface area contributed by atoms with Gasteiger partial charge >= 0.3 is 6.18 Å². The third kappa shape index (κ3) is 4.05. The first-order chi connectivity index (χ1) is 11.0. The van der Waals surface area contributed by atoms with E-state index in [9.17, 15) is 21.6 Å². The predicted molar refractivity (Wildman–Crippen MR) is 86.1 cm³/mol. The second-order valence-corrected chi connectivity index (χ2v) is 7.99. The molecule has 1 aromatic carbocycles. The van der Waals surface area contributed by atoms with Crippen molar-refractivity contribution in [2.24, 2.45) is 5.92 Å². The van der Waals surface area contributed by atoms with Crippen molar-refractivity contribution >= 4 is 20.9 Å². The summed E-state index contributed by atoms with van der Waals surface area (Å²) in [6.45, 7) is 3.40. The van der Waals surface area contributed by atoms with Gasteiger partial charge in [0.1, 0.15) is 6.54 Å². The van der Waals surface area contributed by atoms with E-state index in [2.05, 4.69) is 4.98 Å². The molecule has 0 aliphatic rings. The van der Waals surface area contributed by atoms with Gasteiger partial charge in [-0.05, 0) is 36.6 Å². The molecule has 132 valence electrons. The van der Waals surface area contributed by atoms with Crippen molar-refractivity contribution in [1.82, 2.24) is 9.29 Å². The second kappa shape index (κ2) is 6.68. The minimum Gasteiger partial charge on any atom is -0.256 e. The highest BCUT2D eigenvalue weighted by atomic mass is 32.2. The van der Waals surface area contributed by atoms with Gasteiger partial charge in [0.25, 0.3) is 0 Å². The minimum absolute atomic E-state index is 0.152. The first-order valence-corrected chi connectivity index (χ1v) is 8.87. The summed E-state index contributed by atoms with van der Waals surface area (Å²) in [4.78, 5) is 3.99. The summed E-state index contributed by atoms with van der Waals surface area (Å²) in [7, 11) is -4.30. The number of aryl methyl sites for hydroxylation is 1. The van der Waals surface area contributed by atoms with Crippen LogP contribution in [0, 0.1) is 12.8 Å². The SMILES string of the molecule is Cc1ccc(S(=O)(=O)N(CC(C)C)CC(F)(F)F)c2cccnc12. The molecule has 0 atom stereocenters. The number of benzene rings is 1. The zero-order valence-electron chi connectivity index (χ0n) is 13.6. The maximum Gasteiger partial charge on any atom is 0.402 e. The summed E-state index contributed by atoms with van der Waals surface area (Å²) < 4.78 is 64.8. The smallest absolute Gasteiger partial charge is 0.256 e. The molecule has 0 N–H and O–H groups in total. The van der Waals surface area contributed by atoms with E-state index < -0.39 is 22.7 Å². The Balaban J connectivity index is 2.61. The highest BCUT2D eigenvalue weighted by molar-refractivity contribution is 7.89. The first kappa shape index (κ1) is 18.7. The molecule has 0 saturated heterocycles. The van der Waals surface area contributed by atoms with Crippen molar-refractivity contribution < 1.29 is 21.6 Å². The van der Waals surface area contributed by atoms with Gasteiger partial charge in [-0.3, -0.25) is 4.98 Å². The molecule has 0 saturated carbocycles. The maximum absolute atomic E-state index is 12.9. The van der Waals surface area contributed by atoms with Crippen molar-refractivity contribution in [3.8, 4) is 0 Å². The molecule has 0 radical (unpaired) electrons. The molecule has 0 spiro atoms. The zero-order chi connectivity index (χ0) is 18.1. The molecule has 0 aliphatic heterocycles. The van der Waals surface area contributed by atoms with Crippen LogP contribution in [-0.4, -0.2) is 37.0 Å². The fourth-order valence-electron chi connectivity index (χ4n) is 2.51. The monoisotopic (exact) mass is 360 g/mol. The third-order valence-corrected chi connectivity index (χ3v) is 5.34. The molecule has 0 bridgehead atoms. The van der Waals surface area contributed by atoms with Crippen molar-refractivity contribution in [2.45, 2.75) is 31.8 Å². The number of nitrogens with zero attached hydrogens (tertiary/aromatic N) is 2. The van der Waals surface area contributed by atoms with Gasteiger partial charge in [-0.15, -0.1) is 0 Å². The normalized spacial score (nSPS) is 13.2. The molecule has 0 aliphatic carbocycles. The summed E-state index contributed by atoms with van der Waals surface area (Å²) in [5, 5.41) is 0.327. The molecule has 0 fully saturated rings. The molecular weight excluding hydrogens is 341 g/mol. The topological polar surface area (TPSA) is 50.3 Å². The van der Waals surface area contributed by atoms with Gasteiger partial charge in [0.05, 0.1) is 10.4 Å². The first-order valence-electron chi connectivity index (χ1n) is 7.43. The zero-order valence-corrected chi connectivity index (χ0v) is 14.4. The van der Waals surface area contributed by atoms with Crippen LogP contribution >= 0.6 is 0 Å². The van der Waals surface area contributed by atoms with Crippen LogP contribution in [0.1, 0.15) is 19.4 Å². The molecule has 4 nitrogen and oxygen atoms in total. The van der Waals surface area contributed by atoms with Crippen molar-refractivity contribution in [3.05, 3.63) is 36.0 Å². The summed E-state index contributed by atoms with van der Waals surface area (Å²) in [5.74, 6) is -0.239. The molecule has 8 heteroatoms. The Labute approximate surface area is 139 Å². The molecule has 24 heavy (non-hydrogen) atoms. The van der Waals surface area contributed by atoms with Crippen LogP contribution in [0.5, 0.6) is 0 Å². The van der Waals surface area contributed by atoms with Gasteiger partial charge in [0, 0.05) is 18.1 Å². The standard InChI is InChI=1S/C16H19F3N2O2S/c1-11(2)9-21(10-16(17,18)19)24(22,23)14-7-6-12(3)15-13(14)5-4-8-20-15/h4-8,11H,9-10H2,1-3H3. The van der Waals surface area contributed by atoms with E-state index >= 15 is 0 Å². The molecule has 2 aromatic rings. The number of aromatic nitrogens is 1. The number of sulfonamides is 1. The Bertz CT molecular complexity index is 833. The van der Waals surface area contributed by atoms with Crippen LogP contribution in [0.4, 0.5) is 13.2 Å². The van der Waals surface area contributed by atoms with Crippen LogP contribution in [0.2, 0.25) is 0 Å². The number of hydrogen-bond acceptors (Lipinski definition) is 3. The van der Waals surface area contributed by atoms with Crippen LogP contribution in [0.3, 0.4) is 0 Å². The van der Waals surface area contributed by atoms with E-state index in [1.807, 2.05) is 0 Å². The number of rotatable bonds is 5. The van der Waals surface area contributed by atoms with E-state index in [0.717, 1.165) is 5.56 Å². The molecular formula is C16H19F3N2O2S. The molecule has 0 unspecified atom stereocenters.